The number of nitrogens with one attached hydrogen (secondary N) is 1. The van der Waals surface area contributed by atoms with Gasteiger partial charge in [0.05, 0.1) is 6.54 Å². The maximum atomic E-state index is 6.19. The Bertz CT molecular complexity index is 667. The van der Waals surface area contributed by atoms with E-state index in [-0.39, 0.29) is 5.60 Å². The third-order valence-electron chi connectivity index (χ3n) is 4.02. The quantitative estimate of drug-likeness (QED) is 0.920. The van der Waals surface area contributed by atoms with Gasteiger partial charge >= 0.3 is 0 Å². The van der Waals surface area contributed by atoms with Crippen molar-refractivity contribution in [3.63, 3.8) is 0 Å². The predicted molar refractivity (Wildman–Crippen MR) is 85.9 cm³/mol. The van der Waals surface area contributed by atoms with Gasteiger partial charge in [0, 0.05) is 22.9 Å². The summed E-state index contributed by atoms with van der Waals surface area (Å²) in [5, 5.41) is 4.42. The molecule has 0 spiro atoms. The van der Waals surface area contributed by atoms with Crippen LogP contribution in [0.2, 0.25) is 0 Å². The Morgan fingerprint density at radius 3 is 2.71 bits per heavy atom. The molecule has 0 bridgehead atoms. The summed E-state index contributed by atoms with van der Waals surface area (Å²) in [5.41, 5.74) is 3.38. The van der Waals surface area contributed by atoms with Crippen molar-refractivity contribution < 1.29 is 9.15 Å². The average Bonchev–Trinajstić information content (AvgIpc) is 2.86. The van der Waals surface area contributed by atoms with Gasteiger partial charge in [0.25, 0.3) is 0 Å². The van der Waals surface area contributed by atoms with Crippen LogP contribution in [0.25, 0.3) is 11.0 Å². The van der Waals surface area contributed by atoms with Gasteiger partial charge in [-0.2, -0.15) is 0 Å². The van der Waals surface area contributed by atoms with E-state index in [0.717, 1.165) is 36.5 Å². The predicted octanol–water partition coefficient (Wildman–Crippen LogP) is 4.06. The van der Waals surface area contributed by atoms with Gasteiger partial charge in [-0.05, 0) is 33.2 Å². The lowest BCUT2D eigenvalue weighted by Gasteiger charge is -2.16. The Morgan fingerprint density at radius 2 is 2.05 bits per heavy atom. The van der Waals surface area contributed by atoms with Crippen molar-refractivity contribution in [1.82, 2.24) is 5.32 Å². The molecule has 0 unspecified atom stereocenters. The molecule has 1 aliphatic rings. The van der Waals surface area contributed by atoms with Gasteiger partial charge in [0.15, 0.2) is 11.3 Å². The molecule has 1 aromatic carbocycles. The topological polar surface area (TPSA) is 34.4 Å². The lowest BCUT2D eigenvalue weighted by Crippen LogP contribution is -2.24. The summed E-state index contributed by atoms with van der Waals surface area (Å²) < 4.78 is 12.3. The minimum Gasteiger partial charge on any atom is -0.483 e. The van der Waals surface area contributed by atoms with Gasteiger partial charge < -0.3 is 14.5 Å². The molecule has 0 saturated heterocycles. The number of furan rings is 1. The van der Waals surface area contributed by atoms with E-state index < -0.39 is 0 Å². The van der Waals surface area contributed by atoms with Gasteiger partial charge in [0.1, 0.15) is 11.4 Å². The molecular formula is C18H25NO2. The van der Waals surface area contributed by atoms with Crippen LogP contribution < -0.4 is 10.1 Å². The minimum atomic E-state index is -0.134. The van der Waals surface area contributed by atoms with Crippen LogP contribution in [-0.2, 0) is 19.4 Å². The molecule has 0 fully saturated rings. The van der Waals surface area contributed by atoms with Crippen LogP contribution in [0.3, 0.4) is 0 Å². The van der Waals surface area contributed by atoms with Crippen LogP contribution in [0.15, 0.2) is 16.5 Å². The van der Waals surface area contributed by atoms with Gasteiger partial charge in [-0.1, -0.05) is 26.0 Å². The van der Waals surface area contributed by atoms with Crippen LogP contribution in [0, 0.1) is 5.92 Å². The van der Waals surface area contributed by atoms with E-state index in [1.807, 2.05) is 7.05 Å². The Hall–Kier alpha value is -1.48. The molecule has 3 rings (SSSR count). The number of rotatable bonds is 4. The summed E-state index contributed by atoms with van der Waals surface area (Å²) in [4.78, 5) is 0. The number of benzene rings is 1. The zero-order chi connectivity index (χ0) is 15.2. The van der Waals surface area contributed by atoms with Gasteiger partial charge in [-0.15, -0.1) is 0 Å². The van der Waals surface area contributed by atoms with Crippen LogP contribution in [0.1, 0.15) is 44.6 Å². The SMILES string of the molecule is CNCc1oc2c3c(ccc2c1CC(C)C)CC(C)(C)O3. The van der Waals surface area contributed by atoms with E-state index in [1.54, 1.807) is 0 Å². The number of fused-ring (bicyclic) bond motifs is 3. The number of hydrogen-bond donors (Lipinski definition) is 1. The van der Waals surface area contributed by atoms with Crippen molar-refractivity contribution in [2.24, 2.45) is 5.92 Å². The minimum absolute atomic E-state index is 0.134. The summed E-state index contributed by atoms with van der Waals surface area (Å²) in [6.45, 7) is 9.51. The molecule has 1 aliphatic heterocycles. The first kappa shape index (κ1) is 14.5. The zero-order valence-electron chi connectivity index (χ0n) is 13.7. The molecule has 114 valence electrons. The standard InChI is InChI=1S/C18H25NO2/c1-11(2)8-14-13-7-6-12-9-18(3,4)21-16(12)17(13)20-15(14)10-19-5/h6-7,11,19H,8-10H2,1-5H3. The number of ether oxygens (including phenoxy) is 1. The molecule has 3 nitrogen and oxygen atoms in total. The third kappa shape index (κ3) is 2.55. The second-order valence-electron chi connectivity index (χ2n) is 7.10. The molecule has 1 aromatic heterocycles. The van der Waals surface area contributed by atoms with E-state index in [1.165, 1.54) is 16.5 Å². The van der Waals surface area contributed by atoms with Gasteiger partial charge in [-0.3, -0.25) is 0 Å². The first-order valence-electron chi connectivity index (χ1n) is 7.81. The summed E-state index contributed by atoms with van der Waals surface area (Å²) >= 11 is 0. The summed E-state index contributed by atoms with van der Waals surface area (Å²) in [6.07, 6.45) is 1.98. The first-order valence-corrected chi connectivity index (χ1v) is 7.81. The van der Waals surface area contributed by atoms with Crippen molar-refractivity contribution in [2.45, 2.75) is 52.7 Å². The van der Waals surface area contributed by atoms with Crippen molar-refractivity contribution in [1.29, 1.82) is 0 Å². The van der Waals surface area contributed by atoms with Crippen LogP contribution in [0.5, 0.6) is 5.75 Å². The molecular weight excluding hydrogens is 262 g/mol. The number of hydrogen-bond acceptors (Lipinski definition) is 3. The average molecular weight is 287 g/mol. The maximum Gasteiger partial charge on any atom is 0.176 e. The second kappa shape index (κ2) is 5.06. The Labute approximate surface area is 126 Å². The summed E-state index contributed by atoms with van der Waals surface area (Å²) in [7, 11) is 1.95. The van der Waals surface area contributed by atoms with E-state index >= 15 is 0 Å². The highest BCUT2D eigenvalue weighted by Gasteiger charge is 2.33. The normalized spacial score (nSPS) is 16.5. The van der Waals surface area contributed by atoms with Crippen LogP contribution in [-0.4, -0.2) is 12.6 Å². The Balaban J connectivity index is 2.16. The van der Waals surface area contributed by atoms with Crippen LogP contribution >= 0.6 is 0 Å². The van der Waals surface area contributed by atoms with E-state index in [4.69, 9.17) is 9.15 Å². The van der Waals surface area contributed by atoms with Crippen molar-refractivity contribution in [3.05, 3.63) is 29.0 Å². The molecule has 21 heavy (non-hydrogen) atoms. The monoisotopic (exact) mass is 287 g/mol. The lowest BCUT2D eigenvalue weighted by molar-refractivity contribution is 0.138. The highest BCUT2D eigenvalue weighted by atomic mass is 16.5. The lowest BCUT2D eigenvalue weighted by atomic mass is 9.97. The molecule has 0 saturated carbocycles. The van der Waals surface area contributed by atoms with E-state index in [9.17, 15) is 0 Å². The van der Waals surface area contributed by atoms with Gasteiger partial charge in [0.2, 0.25) is 0 Å². The van der Waals surface area contributed by atoms with Crippen molar-refractivity contribution in [2.75, 3.05) is 7.05 Å². The summed E-state index contributed by atoms with van der Waals surface area (Å²) in [5.74, 6) is 2.60. The molecule has 0 amide bonds. The fourth-order valence-electron chi connectivity index (χ4n) is 3.23. The molecule has 2 aromatic rings. The molecule has 1 N–H and O–H groups in total. The molecule has 0 aliphatic carbocycles. The molecule has 2 heterocycles. The molecule has 3 heteroatoms. The highest BCUT2D eigenvalue weighted by Crippen LogP contribution is 2.43. The second-order valence-corrected chi connectivity index (χ2v) is 7.10. The van der Waals surface area contributed by atoms with Crippen molar-refractivity contribution in [3.8, 4) is 5.75 Å². The van der Waals surface area contributed by atoms with E-state index in [2.05, 4.69) is 45.1 Å². The van der Waals surface area contributed by atoms with Gasteiger partial charge in [-0.25, -0.2) is 0 Å². The first-order chi connectivity index (χ1) is 9.91. The highest BCUT2D eigenvalue weighted by molar-refractivity contribution is 5.89. The largest absolute Gasteiger partial charge is 0.483 e. The van der Waals surface area contributed by atoms with Crippen molar-refractivity contribution >= 4 is 11.0 Å². The van der Waals surface area contributed by atoms with Crippen LogP contribution in [0.4, 0.5) is 0 Å². The zero-order valence-corrected chi connectivity index (χ0v) is 13.7. The van der Waals surface area contributed by atoms with E-state index in [0.29, 0.717) is 5.92 Å². The molecule has 0 atom stereocenters. The Kier molecular flexibility index (Phi) is 3.48. The fourth-order valence-corrected chi connectivity index (χ4v) is 3.23. The smallest absolute Gasteiger partial charge is 0.176 e. The third-order valence-corrected chi connectivity index (χ3v) is 4.02. The summed E-state index contributed by atoms with van der Waals surface area (Å²) in [6, 6.07) is 4.41. The fraction of sp³-hybridized carbons (Fsp3) is 0.556. The maximum absolute atomic E-state index is 6.19. The molecule has 0 radical (unpaired) electrons. The Morgan fingerprint density at radius 1 is 1.29 bits per heavy atom.